The van der Waals surface area contributed by atoms with Gasteiger partial charge in [0.15, 0.2) is 0 Å². The number of fused-ring (bicyclic) bond motifs is 1. The maximum absolute atomic E-state index is 12.0. The van der Waals surface area contributed by atoms with Crippen molar-refractivity contribution in [3.63, 3.8) is 0 Å². The molecule has 3 rings (SSSR count). The summed E-state index contributed by atoms with van der Waals surface area (Å²) in [6.07, 6.45) is 3.29. The SMILES string of the molecule is CCS(=O)(=O)N1C[C@@H]2OCCN(c3ncccn3)[C@@H]2C1. The number of aromatic nitrogens is 2. The van der Waals surface area contributed by atoms with Crippen molar-refractivity contribution < 1.29 is 13.2 Å². The quantitative estimate of drug-likeness (QED) is 0.764. The van der Waals surface area contributed by atoms with E-state index in [1.165, 1.54) is 4.31 Å². The van der Waals surface area contributed by atoms with Crippen LogP contribution in [0.2, 0.25) is 0 Å². The van der Waals surface area contributed by atoms with Crippen molar-refractivity contribution in [2.75, 3.05) is 36.9 Å². The lowest BCUT2D eigenvalue weighted by atomic mass is 10.1. The normalized spacial score (nSPS) is 27.6. The van der Waals surface area contributed by atoms with Crippen LogP contribution in [0.3, 0.4) is 0 Å². The molecule has 7 nitrogen and oxygen atoms in total. The molecule has 1 aromatic heterocycles. The molecular formula is C12H18N4O3S. The van der Waals surface area contributed by atoms with E-state index in [0.29, 0.717) is 32.2 Å². The van der Waals surface area contributed by atoms with Crippen molar-refractivity contribution in [2.24, 2.45) is 0 Å². The van der Waals surface area contributed by atoms with Crippen molar-refractivity contribution in [2.45, 2.75) is 19.1 Å². The van der Waals surface area contributed by atoms with Gasteiger partial charge in [0.2, 0.25) is 16.0 Å². The van der Waals surface area contributed by atoms with Crippen molar-refractivity contribution in [1.82, 2.24) is 14.3 Å². The average Bonchev–Trinajstić information content (AvgIpc) is 2.93. The molecule has 3 heterocycles. The monoisotopic (exact) mass is 298 g/mol. The lowest BCUT2D eigenvalue weighted by molar-refractivity contribution is 0.0325. The Balaban J connectivity index is 1.83. The lowest BCUT2D eigenvalue weighted by Crippen LogP contribution is -2.51. The molecule has 0 bridgehead atoms. The van der Waals surface area contributed by atoms with Gasteiger partial charge in [-0.15, -0.1) is 0 Å². The van der Waals surface area contributed by atoms with Gasteiger partial charge in [0.1, 0.15) is 0 Å². The third-order valence-corrected chi connectivity index (χ3v) is 5.65. The number of rotatable bonds is 3. The first-order chi connectivity index (χ1) is 9.62. The van der Waals surface area contributed by atoms with E-state index < -0.39 is 10.0 Å². The van der Waals surface area contributed by atoms with Crippen LogP contribution in [0.5, 0.6) is 0 Å². The minimum absolute atomic E-state index is 0.00697. The summed E-state index contributed by atoms with van der Waals surface area (Å²) in [6.45, 7) is 3.78. The molecule has 20 heavy (non-hydrogen) atoms. The van der Waals surface area contributed by atoms with Gasteiger partial charge in [-0.25, -0.2) is 18.4 Å². The second-order valence-electron chi connectivity index (χ2n) is 4.94. The van der Waals surface area contributed by atoms with Crippen LogP contribution in [-0.4, -0.2) is 66.8 Å². The van der Waals surface area contributed by atoms with Crippen LogP contribution in [-0.2, 0) is 14.8 Å². The molecular weight excluding hydrogens is 280 g/mol. The van der Waals surface area contributed by atoms with E-state index in [9.17, 15) is 8.42 Å². The molecule has 2 aliphatic heterocycles. The minimum Gasteiger partial charge on any atom is -0.373 e. The van der Waals surface area contributed by atoms with Gasteiger partial charge in [-0.3, -0.25) is 0 Å². The Hall–Kier alpha value is -1.25. The molecule has 2 saturated heterocycles. The Bertz CT molecular complexity index is 565. The molecule has 0 unspecified atom stereocenters. The van der Waals surface area contributed by atoms with Crippen LogP contribution in [0.25, 0.3) is 0 Å². The van der Waals surface area contributed by atoms with Gasteiger partial charge in [0.05, 0.1) is 24.5 Å². The molecule has 0 N–H and O–H groups in total. The van der Waals surface area contributed by atoms with E-state index in [1.54, 1.807) is 25.4 Å². The highest BCUT2D eigenvalue weighted by atomic mass is 32.2. The topological polar surface area (TPSA) is 75.6 Å². The second kappa shape index (κ2) is 5.27. The van der Waals surface area contributed by atoms with Crippen LogP contribution in [0.15, 0.2) is 18.5 Å². The highest BCUT2D eigenvalue weighted by Gasteiger charge is 2.44. The number of ether oxygens (including phenoxy) is 1. The summed E-state index contributed by atoms with van der Waals surface area (Å²) in [5, 5.41) is 0. The van der Waals surface area contributed by atoms with Crippen LogP contribution < -0.4 is 4.90 Å². The van der Waals surface area contributed by atoms with Gasteiger partial charge >= 0.3 is 0 Å². The Morgan fingerprint density at radius 1 is 1.35 bits per heavy atom. The maximum atomic E-state index is 12.0. The number of hydrogen-bond donors (Lipinski definition) is 0. The first-order valence-electron chi connectivity index (χ1n) is 6.75. The van der Waals surface area contributed by atoms with E-state index in [2.05, 4.69) is 14.9 Å². The molecule has 0 saturated carbocycles. The first kappa shape index (κ1) is 13.7. The van der Waals surface area contributed by atoms with E-state index in [1.807, 2.05) is 0 Å². The summed E-state index contributed by atoms with van der Waals surface area (Å²) in [7, 11) is -3.18. The van der Waals surface area contributed by atoms with Crippen molar-refractivity contribution in [3.05, 3.63) is 18.5 Å². The van der Waals surface area contributed by atoms with Gasteiger partial charge in [-0.2, -0.15) is 4.31 Å². The largest absolute Gasteiger partial charge is 0.373 e. The standard InChI is InChI=1S/C12H18N4O3S/c1-2-20(17,18)15-8-10-11(9-15)19-7-6-16(10)12-13-4-3-5-14-12/h3-5,10-11H,2,6-9H2,1H3/t10-,11+/m1/s1. The van der Waals surface area contributed by atoms with Gasteiger partial charge < -0.3 is 9.64 Å². The Kier molecular flexibility index (Phi) is 3.61. The predicted molar refractivity (Wildman–Crippen MR) is 73.9 cm³/mol. The fourth-order valence-corrected chi connectivity index (χ4v) is 3.87. The predicted octanol–water partition coefficient (Wildman–Crippen LogP) is -0.284. The zero-order valence-electron chi connectivity index (χ0n) is 11.3. The molecule has 0 radical (unpaired) electrons. The van der Waals surface area contributed by atoms with E-state index in [4.69, 9.17) is 4.74 Å². The van der Waals surface area contributed by atoms with E-state index in [0.717, 1.165) is 0 Å². The van der Waals surface area contributed by atoms with E-state index >= 15 is 0 Å². The molecule has 2 fully saturated rings. The Morgan fingerprint density at radius 3 is 2.80 bits per heavy atom. The number of morpholine rings is 1. The third-order valence-electron chi connectivity index (χ3n) is 3.84. The highest BCUT2D eigenvalue weighted by Crippen LogP contribution is 2.27. The number of hydrogen-bond acceptors (Lipinski definition) is 6. The lowest BCUT2D eigenvalue weighted by Gasteiger charge is -2.36. The second-order valence-corrected chi connectivity index (χ2v) is 7.19. The smallest absolute Gasteiger partial charge is 0.225 e. The Labute approximate surface area is 118 Å². The molecule has 2 atom stereocenters. The maximum Gasteiger partial charge on any atom is 0.225 e. The summed E-state index contributed by atoms with van der Waals surface area (Å²) in [5.74, 6) is 0.760. The van der Waals surface area contributed by atoms with Crippen LogP contribution in [0, 0.1) is 0 Å². The fraction of sp³-hybridized carbons (Fsp3) is 0.667. The fourth-order valence-electron chi connectivity index (χ4n) is 2.75. The zero-order chi connectivity index (χ0) is 14.2. The summed E-state index contributed by atoms with van der Waals surface area (Å²) in [6, 6.07) is 1.76. The van der Waals surface area contributed by atoms with Gasteiger partial charge in [-0.1, -0.05) is 0 Å². The van der Waals surface area contributed by atoms with Gasteiger partial charge in [0.25, 0.3) is 0 Å². The third kappa shape index (κ3) is 2.38. The summed E-state index contributed by atoms with van der Waals surface area (Å²) in [5.41, 5.74) is 0. The van der Waals surface area contributed by atoms with Gasteiger partial charge in [0, 0.05) is 32.0 Å². The average molecular weight is 298 g/mol. The molecule has 8 heteroatoms. The van der Waals surface area contributed by atoms with Crippen molar-refractivity contribution in [1.29, 1.82) is 0 Å². The summed E-state index contributed by atoms with van der Waals surface area (Å²) >= 11 is 0. The van der Waals surface area contributed by atoms with Crippen molar-refractivity contribution in [3.8, 4) is 0 Å². The Morgan fingerprint density at radius 2 is 2.10 bits per heavy atom. The summed E-state index contributed by atoms with van der Waals surface area (Å²) in [4.78, 5) is 10.6. The zero-order valence-corrected chi connectivity index (χ0v) is 12.2. The van der Waals surface area contributed by atoms with Crippen molar-refractivity contribution >= 4 is 16.0 Å². The molecule has 0 amide bonds. The highest BCUT2D eigenvalue weighted by molar-refractivity contribution is 7.89. The molecule has 2 aliphatic rings. The molecule has 0 aliphatic carbocycles. The summed E-state index contributed by atoms with van der Waals surface area (Å²) < 4.78 is 31.3. The van der Waals surface area contributed by atoms with Crippen LogP contribution in [0.1, 0.15) is 6.92 Å². The molecule has 0 aromatic carbocycles. The van der Waals surface area contributed by atoms with Crippen LogP contribution >= 0.6 is 0 Å². The van der Waals surface area contributed by atoms with Crippen LogP contribution in [0.4, 0.5) is 5.95 Å². The van der Waals surface area contributed by atoms with Gasteiger partial charge in [-0.05, 0) is 13.0 Å². The molecule has 1 aromatic rings. The first-order valence-corrected chi connectivity index (χ1v) is 8.36. The van der Waals surface area contributed by atoms with E-state index in [-0.39, 0.29) is 17.9 Å². The molecule has 0 spiro atoms. The number of nitrogens with zero attached hydrogens (tertiary/aromatic N) is 4. The minimum atomic E-state index is -3.18. The number of anilines is 1. The number of sulfonamides is 1. The molecule has 110 valence electrons.